The van der Waals surface area contributed by atoms with Crippen LogP contribution in [0.3, 0.4) is 0 Å². The zero-order valence-corrected chi connectivity index (χ0v) is 15.7. The van der Waals surface area contributed by atoms with Crippen LogP contribution in [0.2, 0.25) is 0 Å². The Hall–Kier alpha value is -1.90. The van der Waals surface area contributed by atoms with Crippen molar-refractivity contribution in [2.24, 2.45) is 5.92 Å². The number of carbonyl (C=O) groups is 1. The fourth-order valence-electron chi connectivity index (χ4n) is 3.58. The van der Waals surface area contributed by atoms with Crippen LogP contribution in [-0.2, 0) is 4.79 Å². The average molecular weight is 343 g/mol. The minimum atomic E-state index is -0.346. The molecule has 0 aromatic heterocycles. The van der Waals surface area contributed by atoms with Crippen molar-refractivity contribution >= 4 is 11.6 Å². The first-order valence-electron chi connectivity index (χ1n) is 9.02. The largest absolute Gasteiger partial charge is 0.393 e. The molecular formula is C20H29N3O2. The van der Waals surface area contributed by atoms with E-state index in [1.54, 1.807) is 4.90 Å². The lowest BCUT2D eigenvalue weighted by Crippen LogP contribution is -2.47. The second kappa shape index (κ2) is 8.46. The Morgan fingerprint density at radius 3 is 2.52 bits per heavy atom. The minimum Gasteiger partial charge on any atom is -0.393 e. The molecular weight excluding hydrogens is 314 g/mol. The lowest BCUT2D eigenvalue weighted by atomic mass is 10.0. The van der Waals surface area contributed by atoms with Gasteiger partial charge in [-0.05, 0) is 69.8 Å². The number of likely N-dealkylation sites (tertiary alicyclic amines) is 1. The van der Waals surface area contributed by atoms with Crippen molar-refractivity contribution in [1.82, 2.24) is 4.90 Å². The molecule has 5 nitrogen and oxygen atoms in total. The van der Waals surface area contributed by atoms with Gasteiger partial charge in [0.15, 0.2) is 0 Å². The zero-order chi connectivity index (χ0) is 18.6. The van der Waals surface area contributed by atoms with Crippen molar-refractivity contribution in [2.45, 2.75) is 52.7 Å². The van der Waals surface area contributed by atoms with Gasteiger partial charge in [-0.3, -0.25) is 9.69 Å². The highest BCUT2D eigenvalue weighted by Crippen LogP contribution is 2.25. The Bertz CT molecular complexity index is 631. The van der Waals surface area contributed by atoms with Crippen molar-refractivity contribution in [3.63, 3.8) is 0 Å². The van der Waals surface area contributed by atoms with E-state index in [1.165, 1.54) is 0 Å². The molecule has 136 valence electrons. The third-order valence-electron chi connectivity index (χ3n) is 5.07. The molecule has 25 heavy (non-hydrogen) atoms. The predicted molar refractivity (Wildman–Crippen MR) is 99.3 cm³/mol. The molecule has 0 aliphatic carbocycles. The van der Waals surface area contributed by atoms with Crippen LogP contribution in [0.15, 0.2) is 18.2 Å². The van der Waals surface area contributed by atoms with Gasteiger partial charge in [0.2, 0.25) is 5.91 Å². The van der Waals surface area contributed by atoms with E-state index in [-0.39, 0.29) is 24.0 Å². The highest BCUT2D eigenvalue weighted by Gasteiger charge is 2.33. The molecule has 3 unspecified atom stereocenters. The normalized spacial score (nSPS) is 20.1. The van der Waals surface area contributed by atoms with Crippen LogP contribution >= 0.6 is 0 Å². The number of nitrogens with zero attached hydrogens (tertiary/aromatic N) is 3. The van der Waals surface area contributed by atoms with Gasteiger partial charge in [0.05, 0.1) is 24.6 Å². The Morgan fingerprint density at radius 1 is 1.36 bits per heavy atom. The monoisotopic (exact) mass is 343 g/mol. The van der Waals surface area contributed by atoms with Gasteiger partial charge in [-0.2, -0.15) is 5.26 Å². The number of nitriles is 1. The van der Waals surface area contributed by atoms with Crippen LogP contribution in [0.1, 0.15) is 37.8 Å². The first-order chi connectivity index (χ1) is 11.8. The van der Waals surface area contributed by atoms with Gasteiger partial charge >= 0.3 is 0 Å². The maximum Gasteiger partial charge on any atom is 0.244 e. The van der Waals surface area contributed by atoms with E-state index < -0.39 is 0 Å². The van der Waals surface area contributed by atoms with Crippen molar-refractivity contribution in [3.05, 3.63) is 29.3 Å². The third kappa shape index (κ3) is 4.81. The highest BCUT2D eigenvalue weighted by atomic mass is 16.3. The summed E-state index contributed by atoms with van der Waals surface area (Å²) in [6.07, 6.45) is 0.875. The molecule has 1 saturated heterocycles. The summed E-state index contributed by atoms with van der Waals surface area (Å²) in [5, 5.41) is 18.8. The van der Waals surface area contributed by atoms with Crippen LogP contribution in [0.5, 0.6) is 0 Å². The van der Waals surface area contributed by atoms with E-state index in [1.807, 2.05) is 39.8 Å². The summed E-state index contributed by atoms with van der Waals surface area (Å²) >= 11 is 0. The number of anilines is 1. The van der Waals surface area contributed by atoms with Crippen molar-refractivity contribution in [1.29, 1.82) is 5.26 Å². The summed E-state index contributed by atoms with van der Waals surface area (Å²) < 4.78 is 0. The fourth-order valence-corrected chi connectivity index (χ4v) is 3.58. The van der Waals surface area contributed by atoms with Crippen LogP contribution in [0.25, 0.3) is 0 Å². The molecule has 1 N–H and O–H groups in total. The summed E-state index contributed by atoms with van der Waals surface area (Å²) in [7, 11) is 0. The van der Waals surface area contributed by atoms with Gasteiger partial charge in [0, 0.05) is 18.8 Å². The minimum absolute atomic E-state index is 0.0199. The number of carbonyl (C=O) groups excluding carboxylic acids is 1. The number of rotatable bonds is 6. The molecule has 1 fully saturated rings. The Labute approximate surface area is 150 Å². The first-order valence-corrected chi connectivity index (χ1v) is 9.02. The van der Waals surface area contributed by atoms with Gasteiger partial charge in [0.1, 0.15) is 0 Å². The Balaban J connectivity index is 2.19. The van der Waals surface area contributed by atoms with E-state index in [9.17, 15) is 9.90 Å². The topological polar surface area (TPSA) is 67.6 Å². The fraction of sp³-hybridized carbons (Fsp3) is 0.600. The van der Waals surface area contributed by atoms with E-state index in [0.29, 0.717) is 13.0 Å². The molecule has 1 amide bonds. The lowest BCUT2D eigenvalue weighted by molar-refractivity contribution is -0.123. The number of hydrogen-bond acceptors (Lipinski definition) is 4. The predicted octanol–water partition coefficient (Wildman–Crippen LogP) is 2.64. The number of benzene rings is 1. The first kappa shape index (κ1) is 19.4. The highest BCUT2D eigenvalue weighted by molar-refractivity contribution is 5.97. The van der Waals surface area contributed by atoms with Crippen LogP contribution in [0.4, 0.5) is 5.69 Å². The van der Waals surface area contributed by atoms with Crippen LogP contribution in [0, 0.1) is 31.1 Å². The van der Waals surface area contributed by atoms with E-state index in [0.717, 1.165) is 36.3 Å². The number of hydrogen-bond donors (Lipinski definition) is 1. The number of aryl methyl sites for hydroxylation is 2. The molecule has 3 atom stereocenters. The van der Waals surface area contributed by atoms with Gasteiger partial charge in [0.25, 0.3) is 0 Å². The van der Waals surface area contributed by atoms with Crippen LogP contribution in [-0.4, -0.2) is 47.7 Å². The summed E-state index contributed by atoms with van der Waals surface area (Å²) in [5.41, 5.74) is 3.07. The summed E-state index contributed by atoms with van der Waals surface area (Å²) in [4.78, 5) is 17.0. The molecule has 1 heterocycles. The average Bonchev–Trinajstić information content (AvgIpc) is 3.03. The molecule has 5 heteroatoms. The molecule has 1 aliphatic rings. The quantitative estimate of drug-likeness (QED) is 0.862. The van der Waals surface area contributed by atoms with Crippen molar-refractivity contribution in [3.8, 4) is 6.07 Å². The second-order valence-electron chi connectivity index (χ2n) is 7.20. The summed E-state index contributed by atoms with van der Waals surface area (Å²) in [6, 6.07) is 7.95. The molecule has 0 radical (unpaired) electrons. The SMILES string of the molecule is Cc1cc(C)cc(N(CCC#N)C(=O)C(C)N2CCC(C(C)O)C2)c1. The number of aliphatic hydroxyl groups is 1. The Morgan fingerprint density at radius 2 is 2.00 bits per heavy atom. The maximum atomic E-state index is 13.1. The summed E-state index contributed by atoms with van der Waals surface area (Å²) in [5.74, 6) is 0.246. The molecule has 1 aromatic carbocycles. The van der Waals surface area contributed by atoms with E-state index in [4.69, 9.17) is 5.26 Å². The van der Waals surface area contributed by atoms with Crippen molar-refractivity contribution < 1.29 is 9.90 Å². The molecule has 0 spiro atoms. The van der Waals surface area contributed by atoms with Gasteiger partial charge < -0.3 is 10.0 Å². The molecule has 1 aliphatic heterocycles. The van der Waals surface area contributed by atoms with Gasteiger partial charge in [-0.15, -0.1) is 0 Å². The third-order valence-corrected chi connectivity index (χ3v) is 5.07. The standard InChI is InChI=1S/C20H29N3O2/c1-14-10-15(2)12-19(11-14)23(8-5-7-21)20(25)16(3)22-9-6-18(13-22)17(4)24/h10-12,16-18,24H,5-6,8-9,13H2,1-4H3. The second-order valence-corrected chi connectivity index (χ2v) is 7.20. The lowest BCUT2D eigenvalue weighted by Gasteiger charge is -2.30. The maximum absolute atomic E-state index is 13.1. The van der Waals surface area contributed by atoms with E-state index in [2.05, 4.69) is 17.0 Å². The zero-order valence-electron chi connectivity index (χ0n) is 15.7. The van der Waals surface area contributed by atoms with Gasteiger partial charge in [-0.1, -0.05) is 6.07 Å². The molecule has 0 bridgehead atoms. The smallest absolute Gasteiger partial charge is 0.244 e. The summed E-state index contributed by atoms with van der Waals surface area (Å²) in [6.45, 7) is 9.73. The molecule has 2 rings (SSSR count). The number of amides is 1. The van der Waals surface area contributed by atoms with Crippen molar-refractivity contribution in [2.75, 3.05) is 24.5 Å². The van der Waals surface area contributed by atoms with Crippen LogP contribution < -0.4 is 4.90 Å². The van der Waals surface area contributed by atoms with Gasteiger partial charge in [-0.25, -0.2) is 0 Å². The molecule has 0 saturated carbocycles. The molecule has 1 aromatic rings. The van der Waals surface area contributed by atoms with E-state index >= 15 is 0 Å². The Kier molecular flexibility index (Phi) is 6.57. The number of aliphatic hydroxyl groups excluding tert-OH is 1.